The van der Waals surface area contributed by atoms with Crippen molar-refractivity contribution in [1.29, 1.82) is 0 Å². The number of hydrogen-bond acceptors (Lipinski definition) is 6. The van der Waals surface area contributed by atoms with Gasteiger partial charge in [-0.15, -0.1) is 0 Å². The minimum absolute atomic E-state index is 0.221. The number of nitrogens with one attached hydrogen (secondary N) is 2. The molecule has 3 aromatic rings. The molecule has 0 saturated heterocycles. The third-order valence-corrected chi connectivity index (χ3v) is 3.19. The van der Waals surface area contributed by atoms with Gasteiger partial charge in [-0.1, -0.05) is 12.1 Å². The zero-order chi connectivity index (χ0) is 14.7. The van der Waals surface area contributed by atoms with E-state index in [2.05, 4.69) is 25.5 Å². The number of anilines is 2. The number of rotatable bonds is 5. The fraction of sp³-hybridized carbons (Fsp3) is 0.214. The Bertz CT molecular complexity index is 737. The summed E-state index contributed by atoms with van der Waals surface area (Å²) in [7, 11) is 1.66. The lowest BCUT2D eigenvalue weighted by atomic mass is 10.1. The van der Waals surface area contributed by atoms with Gasteiger partial charge in [-0.2, -0.15) is 15.1 Å². The molecule has 0 atom stereocenters. The number of nitrogen functional groups attached to an aromatic ring is 1. The van der Waals surface area contributed by atoms with E-state index in [1.54, 1.807) is 13.3 Å². The monoisotopic (exact) mass is 284 g/mol. The van der Waals surface area contributed by atoms with Crippen molar-refractivity contribution in [2.75, 3.05) is 24.7 Å². The smallest absolute Gasteiger partial charge is 0.224 e. The van der Waals surface area contributed by atoms with Gasteiger partial charge in [0.15, 0.2) is 5.65 Å². The van der Waals surface area contributed by atoms with Gasteiger partial charge in [0.1, 0.15) is 11.6 Å². The van der Waals surface area contributed by atoms with Gasteiger partial charge in [0, 0.05) is 6.54 Å². The Kier molecular flexibility index (Phi) is 3.55. The lowest BCUT2D eigenvalue weighted by Crippen LogP contribution is -2.08. The van der Waals surface area contributed by atoms with Gasteiger partial charge >= 0.3 is 0 Å². The van der Waals surface area contributed by atoms with Gasteiger partial charge in [0.2, 0.25) is 5.95 Å². The van der Waals surface area contributed by atoms with Gasteiger partial charge in [-0.3, -0.25) is 5.10 Å². The molecule has 0 amide bonds. The van der Waals surface area contributed by atoms with E-state index in [1.165, 1.54) is 5.56 Å². The molecule has 0 bridgehead atoms. The molecule has 0 spiro atoms. The summed E-state index contributed by atoms with van der Waals surface area (Å²) >= 11 is 0. The van der Waals surface area contributed by atoms with Crippen LogP contribution in [0.25, 0.3) is 11.0 Å². The average molecular weight is 284 g/mol. The van der Waals surface area contributed by atoms with Crippen molar-refractivity contribution in [3.8, 4) is 5.75 Å². The molecule has 4 N–H and O–H groups in total. The summed E-state index contributed by atoms with van der Waals surface area (Å²) in [6, 6.07) is 7.99. The molecule has 0 aliphatic heterocycles. The Morgan fingerprint density at radius 1 is 1.24 bits per heavy atom. The first-order valence-electron chi connectivity index (χ1n) is 6.59. The van der Waals surface area contributed by atoms with Gasteiger partial charge in [0.05, 0.1) is 18.7 Å². The number of H-pyrrole nitrogens is 1. The second-order valence-corrected chi connectivity index (χ2v) is 4.59. The topological polar surface area (TPSA) is 102 Å². The van der Waals surface area contributed by atoms with E-state index < -0.39 is 0 Å². The largest absolute Gasteiger partial charge is 0.497 e. The van der Waals surface area contributed by atoms with Crippen LogP contribution in [0.1, 0.15) is 5.56 Å². The molecule has 2 heterocycles. The zero-order valence-electron chi connectivity index (χ0n) is 11.6. The quantitative estimate of drug-likeness (QED) is 0.657. The zero-order valence-corrected chi connectivity index (χ0v) is 11.6. The molecular formula is C14H16N6O. The second-order valence-electron chi connectivity index (χ2n) is 4.59. The molecule has 7 nitrogen and oxygen atoms in total. The molecule has 21 heavy (non-hydrogen) atoms. The SMILES string of the molecule is COc1ccc(CCNc2nc(N)nc3[nH]ncc23)cc1. The number of hydrogen-bond donors (Lipinski definition) is 3. The first-order valence-corrected chi connectivity index (χ1v) is 6.59. The molecule has 1 aromatic carbocycles. The van der Waals surface area contributed by atoms with Crippen molar-refractivity contribution in [2.45, 2.75) is 6.42 Å². The number of fused-ring (bicyclic) bond motifs is 1. The van der Waals surface area contributed by atoms with E-state index >= 15 is 0 Å². The van der Waals surface area contributed by atoms with E-state index in [0.717, 1.165) is 24.1 Å². The van der Waals surface area contributed by atoms with Crippen molar-refractivity contribution in [2.24, 2.45) is 0 Å². The Labute approximate surface area is 121 Å². The van der Waals surface area contributed by atoms with Crippen LogP contribution >= 0.6 is 0 Å². The van der Waals surface area contributed by atoms with Crippen molar-refractivity contribution in [3.05, 3.63) is 36.0 Å². The average Bonchev–Trinajstić information content (AvgIpc) is 2.96. The van der Waals surface area contributed by atoms with Crippen LogP contribution < -0.4 is 15.8 Å². The third kappa shape index (κ3) is 2.86. The van der Waals surface area contributed by atoms with Gasteiger partial charge in [-0.25, -0.2) is 0 Å². The molecule has 3 rings (SSSR count). The maximum absolute atomic E-state index is 5.67. The van der Waals surface area contributed by atoms with E-state index in [1.807, 2.05) is 24.3 Å². The maximum Gasteiger partial charge on any atom is 0.224 e. The maximum atomic E-state index is 5.67. The molecule has 7 heteroatoms. The molecule has 0 fully saturated rings. The van der Waals surface area contributed by atoms with Crippen LogP contribution in [0.3, 0.4) is 0 Å². The lowest BCUT2D eigenvalue weighted by Gasteiger charge is -2.07. The molecular weight excluding hydrogens is 268 g/mol. The highest BCUT2D eigenvalue weighted by molar-refractivity contribution is 5.86. The standard InChI is InChI=1S/C14H16N6O/c1-21-10-4-2-9(3-5-10)6-7-16-12-11-8-17-20-13(11)19-14(15)18-12/h2-5,8H,6-7H2,1H3,(H4,15,16,17,18,19,20). The molecule has 2 aromatic heterocycles. The van der Waals surface area contributed by atoms with E-state index in [9.17, 15) is 0 Å². The number of nitrogens with two attached hydrogens (primary N) is 1. The van der Waals surface area contributed by atoms with E-state index in [0.29, 0.717) is 11.5 Å². The van der Waals surface area contributed by atoms with Crippen molar-refractivity contribution < 1.29 is 4.74 Å². The Morgan fingerprint density at radius 3 is 2.81 bits per heavy atom. The predicted molar refractivity (Wildman–Crippen MR) is 81.3 cm³/mol. The number of ether oxygens (including phenoxy) is 1. The molecule has 0 aliphatic rings. The number of aromatic nitrogens is 4. The fourth-order valence-electron chi connectivity index (χ4n) is 2.10. The van der Waals surface area contributed by atoms with Crippen LogP contribution in [0.5, 0.6) is 5.75 Å². The number of nitrogens with zero attached hydrogens (tertiary/aromatic N) is 3. The third-order valence-electron chi connectivity index (χ3n) is 3.19. The first-order chi connectivity index (χ1) is 10.3. The summed E-state index contributed by atoms with van der Waals surface area (Å²) in [5.74, 6) is 1.77. The van der Waals surface area contributed by atoms with Gasteiger partial charge in [-0.05, 0) is 24.1 Å². The van der Waals surface area contributed by atoms with Crippen LogP contribution in [0, 0.1) is 0 Å². The lowest BCUT2D eigenvalue weighted by molar-refractivity contribution is 0.414. The van der Waals surface area contributed by atoms with Crippen LogP contribution in [-0.4, -0.2) is 33.8 Å². The Morgan fingerprint density at radius 2 is 2.05 bits per heavy atom. The van der Waals surface area contributed by atoms with E-state index in [4.69, 9.17) is 10.5 Å². The molecule has 0 radical (unpaired) electrons. The Hall–Kier alpha value is -2.83. The van der Waals surface area contributed by atoms with Crippen LogP contribution in [-0.2, 0) is 6.42 Å². The van der Waals surface area contributed by atoms with Gasteiger partial charge < -0.3 is 15.8 Å². The molecule has 0 aliphatic carbocycles. The summed E-state index contributed by atoms with van der Waals surface area (Å²) in [6.07, 6.45) is 2.55. The van der Waals surface area contributed by atoms with Crippen molar-refractivity contribution in [1.82, 2.24) is 20.2 Å². The molecule has 0 saturated carbocycles. The number of benzene rings is 1. The second kappa shape index (κ2) is 5.66. The summed E-state index contributed by atoms with van der Waals surface area (Å²) in [6.45, 7) is 0.739. The van der Waals surface area contributed by atoms with Gasteiger partial charge in [0.25, 0.3) is 0 Å². The summed E-state index contributed by atoms with van der Waals surface area (Å²) in [4.78, 5) is 8.28. The van der Waals surface area contributed by atoms with Crippen molar-refractivity contribution in [3.63, 3.8) is 0 Å². The summed E-state index contributed by atoms with van der Waals surface area (Å²) < 4.78 is 5.14. The van der Waals surface area contributed by atoms with Crippen molar-refractivity contribution >= 4 is 22.8 Å². The van der Waals surface area contributed by atoms with E-state index in [-0.39, 0.29) is 5.95 Å². The normalized spacial score (nSPS) is 10.7. The minimum atomic E-state index is 0.221. The van der Waals surface area contributed by atoms with Crippen LogP contribution in [0.4, 0.5) is 11.8 Å². The highest BCUT2D eigenvalue weighted by Gasteiger charge is 2.07. The highest BCUT2D eigenvalue weighted by Crippen LogP contribution is 2.19. The molecule has 108 valence electrons. The predicted octanol–water partition coefficient (Wildman–Crippen LogP) is 1.60. The summed E-state index contributed by atoms with van der Waals surface area (Å²) in [5, 5.41) is 10.8. The number of methoxy groups -OCH3 is 1. The van der Waals surface area contributed by atoms with Crippen LogP contribution in [0.2, 0.25) is 0 Å². The minimum Gasteiger partial charge on any atom is -0.497 e. The first kappa shape index (κ1) is 13.2. The van der Waals surface area contributed by atoms with Crippen LogP contribution in [0.15, 0.2) is 30.5 Å². The molecule has 0 unspecified atom stereocenters. The summed E-state index contributed by atoms with van der Waals surface area (Å²) in [5.41, 5.74) is 7.52. The highest BCUT2D eigenvalue weighted by atomic mass is 16.5. The Balaban J connectivity index is 1.67. The fourth-order valence-corrected chi connectivity index (χ4v) is 2.10. The number of aromatic amines is 1.